The Hall–Kier alpha value is -2.48. The van der Waals surface area contributed by atoms with Crippen molar-refractivity contribution in [1.29, 1.82) is 0 Å². The van der Waals surface area contributed by atoms with Crippen molar-refractivity contribution in [2.24, 2.45) is 0 Å². The molecule has 8 nitrogen and oxygen atoms in total. The molecule has 0 spiro atoms. The summed E-state index contributed by atoms with van der Waals surface area (Å²) in [4.78, 5) is 22.8. The fourth-order valence-corrected chi connectivity index (χ4v) is 2.71. The van der Waals surface area contributed by atoms with Gasteiger partial charge in [0.05, 0.1) is 24.9 Å². The van der Waals surface area contributed by atoms with Crippen LogP contribution in [0.5, 0.6) is 0 Å². The molecular formula is C17H23N5O3. The van der Waals surface area contributed by atoms with E-state index in [1.807, 2.05) is 25.1 Å². The first kappa shape index (κ1) is 17.3. The van der Waals surface area contributed by atoms with Crippen molar-refractivity contribution < 1.29 is 14.1 Å². The zero-order valence-electron chi connectivity index (χ0n) is 14.4. The zero-order valence-corrected chi connectivity index (χ0v) is 14.4. The highest BCUT2D eigenvalue weighted by Crippen LogP contribution is 2.15. The van der Waals surface area contributed by atoms with Crippen LogP contribution in [0, 0.1) is 0 Å². The zero-order chi connectivity index (χ0) is 17.5. The number of ether oxygens (including phenoxy) is 1. The summed E-state index contributed by atoms with van der Waals surface area (Å²) in [5.41, 5.74) is 0.835. The molecule has 1 fully saturated rings. The maximum Gasteiger partial charge on any atom is 0.318 e. The molecule has 1 atom stereocenters. The van der Waals surface area contributed by atoms with E-state index in [4.69, 9.17) is 9.26 Å². The van der Waals surface area contributed by atoms with Gasteiger partial charge in [-0.3, -0.25) is 4.98 Å². The maximum absolute atomic E-state index is 12.6. The fourth-order valence-electron chi connectivity index (χ4n) is 2.71. The highest BCUT2D eigenvalue weighted by Gasteiger charge is 2.23. The number of hydrogen-bond acceptors (Lipinski definition) is 6. The van der Waals surface area contributed by atoms with Crippen LogP contribution in [0.4, 0.5) is 4.79 Å². The molecule has 0 radical (unpaired) electrons. The van der Waals surface area contributed by atoms with Crippen LogP contribution in [-0.4, -0.2) is 45.3 Å². The van der Waals surface area contributed by atoms with Gasteiger partial charge >= 0.3 is 6.03 Å². The molecule has 1 N–H and O–H groups in total. The molecule has 3 rings (SSSR count). The van der Waals surface area contributed by atoms with Crippen LogP contribution in [0.25, 0.3) is 0 Å². The van der Waals surface area contributed by atoms with E-state index >= 15 is 0 Å². The second-order valence-electron chi connectivity index (χ2n) is 5.95. The van der Waals surface area contributed by atoms with E-state index in [2.05, 4.69) is 20.4 Å². The molecule has 25 heavy (non-hydrogen) atoms. The van der Waals surface area contributed by atoms with E-state index in [-0.39, 0.29) is 18.7 Å². The van der Waals surface area contributed by atoms with Crippen molar-refractivity contribution in [3.8, 4) is 0 Å². The summed E-state index contributed by atoms with van der Waals surface area (Å²) in [5, 5.41) is 6.67. The molecule has 1 aliphatic heterocycles. The highest BCUT2D eigenvalue weighted by atomic mass is 16.5. The number of urea groups is 1. The third-order valence-corrected chi connectivity index (χ3v) is 4.03. The van der Waals surface area contributed by atoms with Crippen LogP contribution in [0.3, 0.4) is 0 Å². The highest BCUT2D eigenvalue weighted by molar-refractivity contribution is 5.74. The van der Waals surface area contributed by atoms with Crippen molar-refractivity contribution in [2.45, 2.75) is 45.4 Å². The number of carbonyl (C=O) groups excluding carboxylic acids is 1. The number of pyridine rings is 1. The first-order valence-corrected chi connectivity index (χ1v) is 8.60. The van der Waals surface area contributed by atoms with E-state index in [0.717, 1.165) is 25.1 Å². The normalized spacial score (nSPS) is 16.8. The van der Waals surface area contributed by atoms with Gasteiger partial charge in [-0.2, -0.15) is 4.98 Å². The number of aromatic nitrogens is 3. The Kier molecular flexibility index (Phi) is 5.95. The van der Waals surface area contributed by atoms with E-state index in [9.17, 15) is 4.79 Å². The molecule has 0 aliphatic carbocycles. The number of hydrogen-bond donors (Lipinski definition) is 1. The van der Waals surface area contributed by atoms with Gasteiger partial charge in [-0.1, -0.05) is 18.1 Å². The molecule has 3 heterocycles. The van der Waals surface area contributed by atoms with E-state index in [1.165, 1.54) is 0 Å². The summed E-state index contributed by atoms with van der Waals surface area (Å²) in [5.74, 6) is 1.04. The Bertz CT molecular complexity index is 670. The van der Waals surface area contributed by atoms with Crippen molar-refractivity contribution >= 4 is 6.03 Å². The summed E-state index contributed by atoms with van der Waals surface area (Å²) >= 11 is 0. The first-order valence-electron chi connectivity index (χ1n) is 8.60. The lowest BCUT2D eigenvalue weighted by Gasteiger charge is -2.25. The molecule has 0 saturated carbocycles. The maximum atomic E-state index is 12.6. The minimum atomic E-state index is -0.197. The number of aryl methyl sites for hydroxylation is 1. The molecule has 0 bridgehead atoms. The lowest BCUT2D eigenvalue weighted by atomic mass is 10.2. The SMILES string of the molecule is CCc1noc(CNC(=O)N(Cc2ccccn2)C[C@H]2CCCO2)n1. The second-order valence-corrected chi connectivity index (χ2v) is 5.95. The van der Waals surface area contributed by atoms with Gasteiger partial charge in [0.15, 0.2) is 5.82 Å². The Balaban J connectivity index is 1.60. The van der Waals surface area contributed by atoms with Gasteiger partial charge in [0, 0.05) is 25.8 Å². The third-order valence-electron chi connectivity index (χ3n) is 4.03. The van der Waals surface area contributed by atoms with Gasteiger partial charge in [-0.05, 0) is 25.0 Å². The number of nitrogens with zero attached hydrogens (tertiary/aromatic N) is 4. The number of carbonyl (C=O) groups is 1. The topological polar surface area (TPSA) is 93.4 Å². The van der Waals surface area contributed by atoms with Crippen LogP contribution in [0.2, 0.25) is 0 Å². The predicted octanol–water partition coefficient (Wildman–Crippen LogP) is 1.92. The van der Waals surface area contributed by atoms with Crippen LogP contribution in [0.15, 0.2) is 28.9 Å². The average molecular weight is 345 g/mol. The first-order chi connectivity index (χ1) is 12.2. The molecule has 0 aromatic carbocycles. The van der Waals surface area contributed by atoms with E-state index in [0.29, 0.717) is 31.2 Å². The fraction of sp³-hybridized carbons (Fsp3) is 0.529. The Morgan fingerprint density at radius 3 is 3.04 bits per heavy atom. The third kappa shape index (κ3) is 4.99. The minimum Gasteiger partial charge on any atom is -0.376 e. The van der Waals surface area contributed by atoms with Crippen LogP contribution >= 0.6 is 0 Å². The standard InChI is InChI=1S/C17H23N5O3/c1-2-15-20-16(25-21-15)10-19-17(23)22(12-14-7-5-9-24-14)11-13-6-3-4-8-18-13/h3-4,6,8,14H,2,5,7,9-12H2,1H3,(H,19,23)/t14-/m1/s1. The quantitative estimate of drug-likeness (QED) is 0.824. The molecule has 134 valence electrons. The second kappa shape index (κ2) is 8.57. The van der Waals surface area contributed by atoms with Gasteiger partial charge in [-0.15, -0.1) is 0 Å². The van der Waals surface area contributed by atoms with Gasteiger partial charge in [0.1, 0.15) is 0 Å². The van der Waals surface area contributed by atoms with Crippen LogP contribution < -0.4 is 5.32 Å². The summed E-state index contributed by atoms with van der Waals surface area (Å²) in [7, 11) is 0. The molecule has 2 aromatic rings. The monoisotopic (exact) mass is 345 g/mol. The summed E-state index contributed by atoms with van der Waals surface area (Å²) < 4.78 is 10.8. The average Bonchev–Trinajstić information content (AvgIpc) is 3.31. The van der Waals surface area contributed by atoms with Crippen LogP contribution in [-0.2, 0) is 24.2 Å². The van der Waals surface area contributed by atoms with Crippen molar-refractivity contribution in [3.63, 3.8) is 0 Å². The lowest BCUT2D eigenvalue weighted by Crippen LogP contribution is -2.43. The largest absolute Gasteiger partial charge is 0.376 e. The van der Waals surface area contributed by atoms with Gasteiger partial charge < -0.3 is 19.5 Å². The Labute approximate surface area is 146 Å². The number of nitrogens with one attached hydrogen (secondary N) is 1. The summed E-state index contributed by atoms with van der Waals surface area (Å²) in [6.07, 6.45) is 4.50. The van der Waals surface area contributed by atoms with Gasteiger partial charge in [-0.25, -0.2) is 4.79 Å². The van der Waals surface area contributed by atoms with Crippen LogP contribution in [0.1, 0.15) is 37.2 Å². The molecule has 8 heteroatoms. The minimum absolute atomic E-state index is 0.0737. The van der Waals surface area contributed by atoms with Crippen molar-refractivity contribution in [3.05, 3.63) is 41.8 Å². The molecular weight excluding hydrogens is 322 g/mol. The molecule has 0 unspecified atom stereocenters. The van der Waals surface area contributed by atoms with Crippen molar-refractivity contribution in [1.82, 2.24) is 25.3 Å². The smallest absolute Gasteiger partial charge is 0.318 e. The summed E-state index contributed by atoms with van der Waals surface area (Å²) in [6.45, 7) is 3.87. The molecule has 2 amide bonds. The predicted molar refractivity (Wildman–Crippen MR) is 89.5 cm³/mol. The van der Waals surface area contributed by atoms with Crippen molar-refractivity contribution in [2.75, 3.05) is 13.2 Å². The van der Waals surface area contributed by atoms with Gasteiger partial charge in [0.2, 0.25) is 5.89 Å². The molecule has 1 saturated heterocycles. The molecule has 2 aromatic heterocycles. The molecule has 1 aliphatic rings. The number of amides is 2. The number of rotatable bonds is 7. The van der Waals surface area contributed by atoms with Gasteiger partial charge in [0.25, 0.3) is 0 Å². The lowest BCUT2D eigenvalue weighted by molar-refractivity contribution is 0.0789. The Morgan fingerprint density at radius 2 is 2.36 bits per heavy atom. The van der Waals surface area contributed by atoms with E-state index < -0.39 is 0 Å². The summed E-state index contributed by atoms with van der Waals surface area (Å²) in [6, 6.07) is 5.48. The Morgan fingerprint density at radius 1 is 1.44 bits per heavy atom. The van der Waals surface area contributed by atoms with E-state index in [1.54, 1.807) is 11.1 Å².